The number of benzene rings is 2. The molecule has 0 saturated carbocycles. The summed E-state index contributed by atoms with van der Waals surface area (Å²) in [5, 5.41) is 10.7. The maximum Gasteiger partial charge on any atom is 0.430 e. The number of nitrogens with one attached hydrogen (secondary N) is 1. The molecule has 2 rings (SSSR count). The lowest BCUT2D eigenvalue weighted by Gasteiger charge is -2.18. The van der Waals surface area contributed by atoms with Crippen molar-refractivity contribution in [3.8, 4) is 0 Å². The Morgan fingerprint density at radius 1 is 0.960 bits per heavy atom. The van der Waals surface area contributed by atoms with E-state index >= 15 is 0 Å². The van der Waals surface area contributed by atoms with Crippen LogP contribution in [0.3, 0.4) is 0 Å². The topological polar surface area (TPSA) is 121 Å². The van der Waals surface area contributed by atoms with Gasteiger partial charge in [-0.25, -0.2) is 0 Å². The zero-order valence-corrected chi connectivity index (χ0v) is 13.0. The SMILES string of the molecule is N=[N+]=C(C(=O)[O-])C(=O)CC(=O)OC(c1ccccc1)c1ccccc1. The first-order valence-corrected chi connectivity index (χ1v) is 7.31. The highest BCUT2D eigenvalue weighted by atomic mass is 16.5. The molecule has 0 aliphatic heterocycles. The Hall–Kier alpha value is -3.57. The van der Waals surface area contributed by atoms with E-state index in [0.29, 0.717) is 11.1 Å². The maximum absolute atomic E-state index is 12.1. The van der Waals surface area contributed by atoms with E-state index in [2.05, 4.69) is 4.79 Å². The molecule has 0 unspecified atom stereocenters. The number of ether oxygens (including phenoxy) is 1. The van der Waals surface area contributed by atoms with Crippen LogP contribution in [0.25, 0.3) is 0 Å². The average Bonchev–Trinajstić information content (AvgIpc) is 2.61. The molecule has 126 valence electrons. The van der Waals surface area contributed by atoms with Crippen molar-refractivity contribution >= 4 is 23.4 Å². The summed E-state index contributed by atoms with van der Waals surface area (Å²) in [6.07, 6.45) is -1.59. The Balaban J connectivity index is 2.20. The average molecular weight is 338 g/mol. The van der Waals surface area contributed by atoms with Gasteiger partial charge in [-0.15, -0.1) is 0 Å². The maximum atomic E-state index is 12.1. The smallest absolute Gasteiger partial charge is 0.430 e. The summed E-state index contributed by atoms with van der Waals surface area (Å²) in [5.41, 5.74) is 6.95. The molecular weight excluding hydrogens is 324 g/mol. The monoisotopic (exact) mass is 338 g/mol. The number of rotatable bonds is 7. The van der Waals surface area contributed by atoms with Gasteiger partial charge in [-0.05, 0) is 11.1 Å². The van der Waals surface area contributed by atoms with Gasteiger partial charge in [0.15, 0.2) is 12.1 Å². The molecule has 0 amide bonds. The molecule has 0 radical (unpaired) electrons. The minimum Gasteiger partial charge on any atom is -0.538 e. The standard InChI is InChI=1S/C18H14N2O5/c19-20-16(18(23)24)14(21)11-15(22)25-17(12-7-3-1-4-8-12)13-9-5-2-6-10-13/h1-10,17,19H,11H2. The van der Waals surface area contributed by atoms with E-state index in [-0.39, 0.29) is 0 Å². The predicted molar refractivity (Wildman–Crippen MR) is 83.4 cm³/mol. The number of nitrogens with zero attached hydrogens (tertiary/aromatic N) is 1. The third-order valence-electron chi connectivity index (χ3n) is 3.33. The molecule has 25 heavy (non-hydrogen) atoms. The van der Waals surface area contributed by atoms with Crippen LogP contribution in [0.4, 0.5) is 0 Å². The number of carboxylic acid groups (broad SMARTS) is 1. The minimum absolute atomic E-state index is 0.698. The zero-order valence-electron chi connectivity index (χ0n) is 13.0. The Labute approximate surface area is 143 Å². The fourth-order valence-corrected chi connectivity index (χ4v) is 2.19. The van der Waals surface area contributed by atoms with Crippen molar-refractivity contribution < 1.29 is 29.0 Å². The van der Waals surface area contributed by atoms with E-state index in [9.17, 15) is 19.5 Å². The van der Waals surface area contributed by atoms with Gasteiger partial charge in [0.05, 0.1) is 10.3 Å². The second-order valence-corrected chi connectivity index (χ2v) is 5.04. The number of carbonyl (C=O) groups is 3. The van der Waals surface area contributed by atoms with Crippen molar-refractivity contribution in [1.29, 1.82) is 5.53 Å². The Bertz CT molecular complexity index is 788. The van der Waals surface area contributed by atoms with Gasteiger partial charge in [-0.2, -0.15) is 0 Å². The van der Waals surface area contributed by atoms with Crippen LogP contribution in [-0.4, -0.2) is 28.2 Å². The van der Waals surface area contributed by atoms with Crippen molar-refractivity contribution in [3.05, 3.63) is 71.8 Å². The van der Waals surface area contributed by atoms with Crippen LogP contribution < -0.4 is 5.11 Å². The minimum atomic E-state index is -1.91. The number of aliphatic carboxylic acids is 1. The number of ketones is 1. The highest BCUT2D eigenvalue weighted by Gasteiger charge is 2.29. The number of esters is 1. The van der Waals surface area contributed by atoms with Gasteiger partial charge >= 0.3 is 11.7 Å². The molecule has 0 bridgehead atoms. The summed E-state index contributed by atoms with van der Waals surface area (Å²) < 4.78 is 5.38. The Kier molecular flexibility index (Phi) is 5.92. The second kappa shape index (κ2) is 8.33. The van der Waals surface area contributed by atoms with Crippen LogP contribution in [0, 0.1) is 5.53 Å². The molecule has 7 nitrogen and oxygen atoms in total. The van der Waals surface area contributed by atoms with Gasteiger partial charge in [0, 0.05) is 0 Å². The molecule has 2 aromatic carbocycles. The number of hydrogen-bond acceptors (Lipinski definition) is 6. The van der Waals surface area contributed by atoms with Crippen molar-refractivity contribution in [1.82, 2.24) is 0 Å². The van der Waals surface area contributed by atoms with Gasteiger partial charge in [0.1, 0.15) is 6.42 Å². The van der Waals surface area contributed by atoms with Gasteiger partial charge in [0.2, 0.25) is 0 Å². The molecular formula is C18H14N2O5. The third kappa shape index (κ3) is 4.70. The van der Waals surface area contributed by atoms with Gasteiger partial charge in [0.25, 0.3) is 5.78 Å². The molecule has 0 atom stereocenters. The van der Waals surface area contributed by atoms with Gasteiger partial charge in [-0.1, -0.05) is 60.7 Å². The summed E-state index contributed by atoms with van der Waals surface area (Å²) >= 11 is 0. The van der Waals surface area contributed by atoms with Crippen LogP contribution >= 0.6 is 0 Å². The zero-order chi connectivity index (χ0) is 18.2. The quantitative estimate of drug-likeness (QED) is 0.262. The van der Waals surface area contributed by atoms with Crippen molar-refractivity contribution in [2.24, 2.45) is 0 Å². The Morgan fingerprint density at radius 3 is 1.84 bits per heavy atom. The van der Waals surface area contributed by atoms with Crippen LogP contribution in [0.15, 0.2) is 60.7 Å². The van der Waals surface area contributed by atoms with E-state index in [1.54, 1.807) is 48.5 Å². The van der Waals surface area contributed by atoms with E-state index in [1.807, 2.05) is 12.1 Å². The van der Waals surface area contributed by atoms with Gasteiger partial charge in [-0.3, -0.25) is 9.59 Å². The highest BCUT2D eigenvalue weighted by molar-refractivity contribution is 6.62. The van der Waals surface area contributed by atoms with Crippen LogP contribution in [0.2, 0.25) is 0 Å². The van der Waals surface area contributed by atoms with Crippen LogP contribution in [0.1, 0.15) is 23.7 Å². The summed E-state index contributed by atoms with van der Waals surface area (Å²) in [5.74, 6) is -3.97. The van der Waals surface area contributed by atoms with E-state index < -0.39 is 36.0 Å². The lowest BCUT2D eigenvalue weighted by atomic mass is 10.0. The van der Waals surface area contributed by atoms with Crippen molar-refractivity contribution in [3.63, 3.8) is 0 Å². The third-order valence-corrected chi connectivity index (χ3v) is 3.33. The molecule has 0 saturated heterocycles. The second-order valence-electron chi connectivity index (χ2n) is 5.04. The number of carboxylic acids is 1. The fourth-order valence-electron chi connectivity index (χ4n) is 2.19. The van der Waals surface area contributed by atoms with Crippen LogP contribution in [-0.2, 0) is 19.1 Å². The lowest BCUT2D eigenvalue weighted by Crippen LogP contribution is -2.38. The summed E-state index contributed by atoms with van der Waals surface area (Å²) in [4.78, 5) is 37.1. The summed E-state index contributed by atoms with van der Waals surface area (Å²) in [7, 11) is 0. The van der Waals surface area contributed by atoms with Gasteiger partial charge < -0.3 is 14.6 Å². The Morgan fingerprint density at radius 2 is 1.44 bits per heavy atom. The molecule has 0 fully saturated rings. The molecule has 7 heteroatoms. The normalized spacial score (nSPS) is 9.96. The summed E-state index contributed by atoms with van der Waals surface area (Å²) in [6, 6.07) is 17.8. The number of carbonyl (C=O) groups excluding carboxylic acids is 3. The van der Waals surface area contributed by atoms with Crippen LogP contribution in [0.5, 0.6) is 0 Å². The summed E-state index contributed by atoms with van der Waals surface area (Å²) in [6.45, 7) is 0. The van der Waals surface area contributed by atoms with E-state index in [1.165, 1.54) is 0 Å². The van der Waals surface area contributed by atoms with Crippen molar-refractivity contribution in [2.45, 2.75) is 12.5 Å². The lowest BCUT2D eigenvalue weighted by molar-refractivity contribution is -0.298. The van der Waals surface area contributed by atoms with E-state index in [4.69, 9.17) is 10.3 Å². The first-order valence-electron chi connectivity index (χ1n) is 7.31. The van der Waals surface area contributed by atoms with Crippen molar-refractivity contribution in [2.75, 3.05) is 0 Å². The van der Waals surface area contributed by atoms with E-state index in [0.717, 1.165) is 0 Å². The molecule has 0 aliphatic carbocycles. The highest BCUT2D eigenvalue weighted by Crippen LogP contribution is 2.26. The molecule has 0 spiro atoms. The molecule has 0 aromatic heterocycles. The predicted octanol–water partition coefficient (Wildman–Crippen LogP) is 0.708. The molecule has 0 aliphatic rings. The molecule has 1 N–H and O–H groups in total. The largest absolute Gasteiger partial charge is 0.538 e. The first kappa shape index (κ1) is 17.8. The number of hydrogen-bond donors (Lipinski definition) is 1. The first-order chi connectivity index (χ1) is 12.0. The molecule has 0 heterocycles. The molecule has 2 aromatic rings. The number of Topliss-reactive ketones (excluding diaryl/α,β-unsaturated/α-hetero) is 1. The fraction of sp³-hybridized carbons (Fsp3) is 0.111.